The minimum absolute atomic E-state index is 0.139. The van der Waals surface area contributed by atoms with Crippen LogP contribution in [0.3, 0.4) is 0 Å². The van der Waals surface area contributed by atoms with Crippen LogP contribution in [0.25, 0.3) is 5.57 Å². The predicted molar refractivity (Wildman–Crippen MR) is 53.9 cm³/mol. The Hall–Kier alpha value is -1.68. The Kier molecular flexibility index (Phi) is 2.28. The van der Waals surface area contributed by atoms with Gasteiger partial charge in [0.25, 0.3) is 5.69 Å². The van der Waals surface area contributed by atoms with Gasteiger partial charge in [0.1, 0.15) is 0 Å². The van der Waals surface area contributed by atoms with Gasteiger partial charge in [0, 0.05) is 25.2 Å². The number of hydrogen-bond acceptors (Lipinski definition) is 3. The van der Waals surface area contributed by atoms with Crippen LogP contribution in [0.15, 0.2) is 30.3 Å². The SMILES string of the molecule is O=[N+]([O-])c1ccc(C2=CCNC2)cc1. The van der Waals surface area contributed by atoms with Crippen LogP contribution in [0.2, 0.25) is 0 Å². The molecule has 1 heterocycles. The van der Waals surface area contributed by atoms with Gasteiger partial charge >= 0.3 is 0 Å². The molecule has 0 aliphatic carbocycles. The maximum atomic E-state index is 10.4. The molecule has 1 aromatic rings. The Bertz CT molecular complexity index is 382. The van der Waals surface area contributed by atoms with E-state index in [1.54, 1.807) is 12.1 Å². The molecule has 0 spiro atoms. The first kappa shape index (κ1) is 8.90. The minimum Gasteiger partial charge on any atom is -0.309 e. The fourth-order valence-electron chi connectivity index (χ4n) is 1.49. The van der Waals surface area contributed by atoms with E-state index >= 15 is 0 Å². The largest absolute Gasteiger partial charge is 0.309 e. The van der Waals surface area contributed by atoms with E-state index in [2.05, 4.69) is 11.4 Å². The second-order valence-electron chi connectivity index (χ2n) is 3.16. The summed E-state index contributed by atoms with van der Waals surface area (Å²) in [5, 5.41) is 13.6. The molecule has 2 rings (SSSR count). The first-order chi connectivity index (χ1) is 6.77. The average Bonchev–Trinajstić information content (AvgIpc) is 2.71. The van der Waals surface area contributed by atoms with Gasteiger partial charge in [-0.2, -0.15) is 0 Å². The highest BCUT2D eigenvalue weighted by atomic mass is 16.6. The zero-order chi connectivity index (χ0) is 9.97. The lowest BCUT2D eigenvalue weighted by molar-refractivity contribution is -0.384. The molecule has 0 atom stereocenters. The number of non-ortho nitro benzene ring substituents is 1. The Balaban J connectivity index is 2.25. The van der Waals surface area contributed by atoms with Gasteiger partial charge in [-0.05, 0) is 23.3 Å². The molecule has 0 bridgehead atoms. The van der Waals surface area contributed by atoms with E-state index in [0.29, 0.717) is 0 Å². The van der Waals surface area contributed by atoms with Crippen molar-refractivity contribution < 1.29 is 4.92 Å². The van der Waals surface area contributed by atoms with Crippen molar-refractivity contribution in [2.75, 3.05) is 13.1 Å². The molecule has 0 amide bonds. The summed E-state index contributed by atoms with van der Waals surface area (Å²) < 4.78 is 0. The van der Waals surface area contributed by atoms with Gasteiger partial charge in [0.05, 0.1) is 4.92 Å². The van der Waals surface area contributed by atoms with E-state index in [1.165, 1.54) is 17.7 Å². The number of rotatable bonds is 2. The molecule has 0 aromatic heterocycles. The molecule has 14 heavy (non-hydrogen) atoms. The van der Waals surface area contributed by atoms with E-state index < -0.39 is 0 Å². The first-order valence-electron chi connectivity index (χ1n) is 4.42. The van der Waals surface area contributed by atoms with Crippen LogP contribution in [0.5, 0.6) is 0 Å². The number of nitro groups is 1. The molecular formula is C10H10N2O2. The van der Waals surface area contributed by atoms with Gasteiger partial charge in [0.2, 0.25) is 0 Å². The van der Waals surface area contributed by atoms with Crippen LogP contribution in [0.1, 0.15) is 5.56 Å². The maximum absolute atomic E-state index is 10.4. The smallest absolute Gasteiger partial charge is 0.269 e. The lowest BCUT2D eigenvalue weighted by Gasteiger charge is -2.00. The number of nitrogens with one attached hydrogen (secondary N) is 1. The fraction of sp³-hybridized carbons (Fsp3) is 0.200. The van der Waals surface area contributed by atoms with E-state index in [9.17, 15) is 10.1 Å². The highest BCUT2D eigenvalue weighted by Crippen LogP contribution is 2.19. The summed E-state index contributed by atoms with van der Waals surface area (Å²) in [6.45, 7) is 1.73. The zero-order valence-corrected chi connectivity index (χ0v) is 7.56. The maximum Gasteiger partial charge on any atom is 0.269 e. The van der Waals surface area contributed by atoms with Crippen molar-refractivity contribution in [1.29, 1.82) is 0 Å². The molecule has 4 heteroatoms. The third kappa shape index (κ3) is 1.65. The third-order valence-corrected chi connectivity index (χ3v) is 2.26. The summed E-state index contributed by atoms with van der Waals surface area (Å²) in [7, 11) is 0. The summed E-state index contributed by atoms with van der Waals surface area (Å²) in [5.41, 5.74) is 2.40. The summed E-state index contributed by atoms with van der Waals surface area (Å²) in [6, 6.07) is 6.65. The predicted octanol–water partition coefficient (Wildman–Crippen LogP) is 1.58. The standard InChI is InChI=1S/C10H10N2O2/c13-12(14)10-3-1-8(2-4-10)9-5-6-11-7-9/h1-5,11H,6-7H2. The van der Waals surface area contributed by atoms with Gasteiger partial charge < -0.3 is 5.32 Å². The van der Waals surface area contributed by atoms with E-state index in [4.69, 9.17) is 0 Å². The molecule has 0 radical (unpaired) electrons. The van der Waals surface area contributed by atoms with Gasteiger partial charge in [-0.25, -0.2) is 0 Å². The summed E-state index contributed by atoms with van der Waals surface area (Å²) in [4.78, 5) is 10.0. The summed E-state index contributed by atoms with van der Waals surface area (Å²) in [6.07, 6.45) is 2.10. The van der Waals surface area contributed by atoms with Crippen LogP contribution in [-0.4, -0.2) is 18.0 Å². The topological polar surface area (TPSA) is 55.2 Å². The number of nitrogens with zero attached hydrogens (tertiary/aromatic N) is 1. The normalized spacial score (nSPS) is 15.3. The quantitative estimate of drug-likeness (QED) is 0.569. The van der Waals surface area contributed by atoms with Gasteiger partial charge in [-0.1, -0.05) is 6.08 Å². The van der Waals surface area contributed by atoms with E-state index in [0.717, 1.165) is 18.7 Å². The lowest BCUT2D eigenvalue weighted by atomic mass is 10.1. The molecule has 0 fully saturated rings. The first-order valence-corrected chi connectivity index (χ1v) is 4.42. The summed E-state index contributed by atoms with van der Waals surface area (Å²) >= 11 is 0. The Labute approximate surface area is 81.4 Å². The van der Waals surface area contributed by atoms with Crippen LogP contribution in [0, 0.1) is 10.1 Å². The molecule has 1 aliphatic rings. The molecule has 0 saturated heterocycles. The fourth-order valence-corrected chi connectivity index (χ4v) is 1.49. The van der Waals surface area contributed by atoms with Crippen molar-refractivity contribution >= 4 is 11.3 Å². The second kappa shape index (κ2) is 3.59. The van der Waals surface area contributed by atoms with Crippen LogP contribution < -0.4 is 5.32 Å². The molecule has 0 unspecified atom stereocenters. The molecule has 1 N–H and O–H groups in total. The second-order valence-corrected chi connectivity index (χ2v) is 3.16. The van der Waals surface area contributed by atoms with Crippen molar-refractivity contribution in [3.8, 4) is 0 Å². The lowest BCUT2D eigenvalue weighted by Crippen LogP contribution is -2.07. The van der Waals surface area contributed by atoms with Crippen molar-refractivity contribution in [2.24, 2.45) is 0 Å². The highest BCUT2D eigenvalue weighted by molar-refractivity contribution is 5.69. The Morgan fingerprint density at radius 2 is 2.00 bits per heavy atom. The number of nitro benzene ring substituents is 1. The van der Waals surface area contributed by atoms with E-state index in [1.807, 2.05) is 0 Å². The van der Waals surface area contributed by atoms with Crippen LogP contribution in [0.4, 0.5) is 5.69 Å². The van der Waals surface area contributed by atoms with Crippen molar-refractivity contribution in [3.05, 3.63) is 46.0 Å². The monoisotopic (exact) mass is 190 g/mol. The average molecular weight is 190 g/mol. The number of hydrogen-bond donors (Lipinski definition) is 1. The van der Waals surface area contributed by atoms with Crippen molar-refractivity contribution in [2.45, 2.75) is 0 Å². The molecular weight excluding hydrogens is 180 g/mol. The van der Waals surface area contributed by atoms with Gasteiger partial charge in [0.15, 0.2) is 0 Å². The molecule has 72 valence electrons. The highest BCUT2D eigenvalue weighted by Gasteiger charge is 2.08. The Morgan fingerprint density at radius 1 is 1.29 bits per heavy atom. The Morgan fingerprint density at radius 3 is 2.50 bits per heavy atom. The van der Waals surface area contributed by atoms with E-state index in [-0.39, 0.29) is 10.6 Å². The zero-order valence-electron chi connectivity index (χ0n) is 7.56. The van der Waals surface area contributed by atoms with Crippen LogP contribution >= 0.6 is 0 Å². The van der Waals surface area contributed by atoms with Crippen LogP contribution in [-0.2, 0) is 0 Å². The molecule has 4 nitrogen and oxygen atoms in total. The van der Waals surface area contributed by atoms with Gasteiger partial charge in [-0.3, -0.25) is 10.1 Å². The third-order valence-electron chi connectivity index (χ3n) is 2.26. The molecule has 1 aromatic carbocycles. The molecule has 0 saturated carbocycles. The van der Waals surface area contributed by atoms with Crippen molar-refractivity contribution in [1.82, 2.24) is 5.32 Å². The molecule has 1 aliphatic heterocycles. The van der Waals surface area contributed by atoms with Gasteiger partial charge in [-0.15, -0.1) is 0 Å². The number of benzene rings is 1. The van der Waals surface area contributed by atoms with Crippen molar-refractivity contribution in [3.63, 3.8) is 0 Å². The summed E-state index contributed by atoms with van der Waals surface area (Å²) in [5.74, 6) is 0. The minimum atomic E-state index is -0.384.